The second kappa shape index (κ2) is 14.0. The third kappa shape index (κ3) is 8.19. The van der Waals surface area contributed by atoms with E-state index in [9.17, 15) is 18.4 Å². The van der Waals surface area contributed by atoms with Crippen LogP contribution in [0.5, 0.6) is 5.75 Å². The minimum absolute atomic E-state index is 0.177. The number of rotatable bonds is 10. The molecule has 1 aromatic heterocycles. The first kappa shape index (κ1) is 30.1. The van der Waals surface area contributed by atoms with E-state index in [1.165, 1.54) is 37.7 Å². The molecular weight excluding hydrogens is 500 g/mol. The van der Waals surface area contributed by atoms with E-state index in [0.29, 0.717) is 22.3 Å². The Morgan fingerprint density at radius 2 is 1.81 bits per heavy atom. The number of amides is 2. The number of fused-ring (bicyclic) bond motifs is 1. The summed E-state index contributed by atoms with van der Waals surface area (Å²) in [7, 11) is 3.18. The highest BCUT2D eigenvalue weighted by Gasteiger charge is 2.22. The molecule has 0 aliphatic carbocycles. The van der Waals surface area contributed by atoms with Crippen molar-refractivity contribution < 1.29 is 27.8 Å². The number of nitrogens with zero attached hydrogens (tertiary/aromatic N) is 1. The van der Waals surface area contributed by atoms with Gasteiger partial charge in [0.25, 0.3) is 11.8 Å². The van der Waals surface area contributed by atoms with Crippen molar-refractivity contribution in [2.75, 3.05) is 26.1 Å². The van der Waals surface area contributed by atoms with Crippen molar-refractivity contribution >= 4 is 39.1 Å². The molecule has 0 aliphatic heterocycles. The standard InChI is InChI=1S/C17H13F2N3O3S.C10H22O/c1-7-21-11-3-4-13(25-2)14(15(11)26-7)17(24)22-12-6-10(19)9(18)5-8(12)16(20)23;1-5-6-9(2)7-10(3)8-11-4/h3-6H,1-2H3,(H2,20,23)(H,22,24);9-10H,5-8H2,1-4H3. The molecule has 3 N–H and O–H groups in total. The fraction of sp³-hybridized carbons (Fsp3) is 0.444. The van der Waals surface area contributed by atoms with Crippen molar-refractivity contribution in [1.82, 2.24) is 4.98 Å². The molecule has 2 unspecified atom stereocenters. The minimum atomic E-state index is -1.24. The van der Waals surface area contributed by atoms with E-state index in [1.54, 1.807) is 26.2 Å². The zero-order chi connectivity index (χ0) is 27.7. The lowest BCUT2D eigenvalue weighted by Crippen LogP contribution is -2.19. The Balaban J connectivity index is 0.000000371. The van der Waals surface area contributed by atoms with Crippen LogP contribution in [-0.2, 0) is 4.74 Å². The van der Waals surface area contributed by atoms with Crippen LogP contribution in [0.3, 0.4) is 0 Å². The van der Waals surface area contributed by atoms with Gasteiger partial charge in [-0.2, -0.15) is 0 Å². The molecule has 202 valence electrons. The largest absolute Gasteiger partial charge is 0.496 e. The van der Waals surface area contributed by atoms with Gasteiger partial charge in [-0.15, -0.1) is 11.3 Å². The number of hydrogen-bond acceptors (Lipinski definition) is 6. The van der Waals surface area contributed by atoms with Gasteiger partial charge in [-0.25, -0.2) is 13.8 Å². The molecule has 3 aromatic rings. The lowest BCUT2D eigenvalue weighted by molar-refractivity contribution is 0.100. The number of ether oxygens (including phenoxy) is 2. The number of aromatic nitrogens is 1. The van der Waals surface area contributed by atoms with Crippen LogP contribution in [0.1, 0.15) is 65.8 Å². The summed E-state index contributed by atoms with van der Waals surface area (Å²) in [4.78, 5) is 28.6. The number of nitrogens with one attached hydrogen (secondary N) is 1. The van der Waals surface area contributed by atoms with Crippen LogP contribution in [0.15, 0.2) is 24.3 Å². The smallest absolute Gasteiger partial charge is 0.260 e. The third-order valence-electron chi connectivity index (χ3n) is 5.68. The summed E-state index contributed by atoms with van der Waals surface area (Å²) in [5, 5.41) is 3.15. The number of nitrogens with two attached hydrogens (primary N) is 1. The van der Waals surface area contributed by atoms with Gasteiger partial charge in [0.05, 0.1) is 33.6 Å². The average Bonchev–Trinajstić information content (AvgIpc) is 3.21. The summed E-state index contributed by atoms with van der Waals surface area (Å²) in [6, 6.07) is 4.64. The highest BCUT2D eigenvalue weighted by atomic mass is 32.1. The van der Waals surface area contributed by atoms with Crippen molar-refractivity contribution in [3.8, 4) is 5.75 Å². The van der Waals surface area contributed by atoms with Crippen molar-refractivity contribution in [3.05, 3.63) is 52.0 Å². The number of carbonyl (C=O) groups is 2. The predicted molar refractivity (Wildman–Crippen MR) is 143 cm³/mol. The molecule has 3 rings (SSSR count). The summed E-state index contributed by atoms with van der Waals surface area (Å²) < 4.78 is 37.8. The van der Waals surface area contributed by atoms with Crippen LogP contribution in [0.25, 0.3) is 10.2 Å². The number of benzene rings is 2. The number of halogens is 2. The monoisotopic (exact) mass is 535 g/mol. The number of primary amides is 1. The second-order valence-electron chi connectivity index (χ2n) is 9.04. The molecule has 2 atom stereocenters. The van der Waals surface area contributed by atoms with Crippen LogP contribution in [0.2, 0.25) is 0 Å². The van der Waals surface area contributed by atoms with E-state index in [0.717, 1.165) is 23.5 Å². The van der Waals surface area contributed by atoms with Gasteiger partial charge >= 0.3 is 0 Å². The maximum atomic E-state index is 13.6. The molecule has 1 heterocycles. The average molecular weight is 536 g/mol. The minimum Gasteiger partial charge on any atom is -0.496 e. The van der Waals surface area contributed by atoms with Crippen molar-refractivity contribution in [2.24, 2.45) is 17.6 Å². The molecule has 7 nitrogen and oxygen atoms in total. The molecule has 0 radical (unpaired) electrons. The molecule has 2 amide bonds. The molecule has 0 spiro atoms. The fourth-order valence-electron chi connectivity index (χ4n) is 4.16. The Hall–Kier alpha value is -3.11. The maximum Gasteiger partial charge on any atom is 0.260 e. The molecular formula is C27H35F2N3O4S. The highest BCUT2D eigenvalue weighted by molar-refractivity contribution is 7.19. The van der Waals surface area contributed by atoms with Gasteiger partial charge in [-0.3, -0.25) is 9.59 Å². The van der Waals surface area contributed by atoms with Crippen molar-refractivity contribution in [1.29, 1.82) is 0 Å². The lowest BCUT2D eigenvalue weighted by Gasteiger charge is -2.15. The van der Waals surface area contributed by atoms with Gasteiger partial charge in [-0.05, 0) is 43.4 Å². The third-order valence-corrected chi connectivity index (χ3v) is 6.69. The molecule has 10 heteroatoms. The Morgan fingerprint density at radius 3 is 2.41 bits per heavy atom. The normalized spacial score (nSPS) is 12.4. The van der Waals surface area contributed by atoms with Crippen molar-refractivity contribution in [2.45, 2.75) is 47.0 Å². The highest BCUT2D eigenvalue weighted by Crippen LogP contribution is 2.33. The summed E-state index contributed by atoms with van der Waals surface area (Å²) >= 11 is 1.29. The Labute approximate surface area is 220 Å². The van der Waals surface area contributed by atoms with E-state index in [1.807, 2.05) is 0 Å². The molecule has 0 saturated heterocycles. The van der Waals surface area contributed by atoms with Gasteiger partial charge in [0.2, 0.25) is 0 Å². The molecule has 0 saturated carbocycles. The van der Waals surface area contributed by atoms with E-state index < -0.39 is 23.4 Å². The Morgan fingerprint density at radius 1 is 1.14 bits per heavy atom. The Kier molecular flexibility index (Phi) is 11.4. The van der Waals surface area contributed by atoms with Gasteiger partial charge in [0.15, 0.2) is 11.6 Å². The van der Waals surface area contributed by atoms with E-state index in [4.69, 9.17) is 15.2 Å². The SMILES string of the molecule is CCCC(C)CC(C)COC.COc1ccc2nc(C)sc2c1C(=O)Nc1cc(F)c(F)cc1C(N)=O. The topological polar surface area (TPSA) is 104 Å². The summed E-state index contributed by atoms with van der Waals surface area (Å²) in [6.07, 6.45) is 3.97. The fourth-order valence-corrected chi connectivity index (χ4v) is 5.11. The van der Waals surface area contributed by atoms with E-state index >= 15 is 0 Å². The van der Waals surface area contributed by atoms with Crippen LogP contribution in [0, 0.1) is 30.4 Å². The zero-order valence-electron chi connectivity index (χ0n) is 22.1. The molecule has 2 aromatic carbocycles. The van der Waals surface area contributed by atoms with Crippen LogP contribution in [0.4, 0.5) is 14.5 Å². The van der Waals surface area contributed by atoms with Crippen LogP contribution < -0.4 is 15.8 Å². The first-order chi connectivity index (χ1) is 17.5. The quantitative estimate of drug-likeness (QED) is 0.315. The summed E-state index contributed by atoms with van der Waals surface area (Å²) in [5.74, 6) is -2.25. The first-order valence-electron chi connectivity index (χ1n) is 12.0. The zero-order valence-corrected chi connectivity index (χ0v) is 22.9. The van der Waals surface area contributed by atoms with Gasteiger partial charge in [0.1, 0.15) is 11.3 Å². The van der Waals surface area contributed by atoms with Crippen molar-refractivity contribution in [3.63, 3.8) is 0 Å². The number of hydrogen-bond donors (Lipinski definition) is 2. The van der Waals surface area contributed by atoms with Crippen LogP contribution >= 0.6 is 11.3 Å². The maximum absolute atomic E-state index is 13.6. The lowest BCUT2D eigenvalue weighted by atomic mass is 9.94. The molecule has 0 fully saturated rings. The van der Waals surface area contributed by atoms with Crippen LogP contribution in [-0.4, -0.2) is 37.6 Å². The number of methoxy groups -OCH3 is 2. The molecule has 0 aliphatic rings. The predicted octanol–water partition coefficient (Wildman–Crippen LogP) is 6.34. The van der Waals surface area contributed by atoms with E-state index in [-0.39, 0.29) is 22.6 Å². The van der Waals surface area contributed by atoms with Gasteiger partial charge in [-0.1, -0.05) is 33.6 Å². The first-order valence-corrected chi connectivity index (χ1v) is 12.9. The number of anilines is 1. The summed E-state index contributed by atoms with van der Waals surface area (Å²) in [5.41, 5.74) is 5.38. The molecule has 37 heavy (non-hydrogen) atoms. The number of aryl methyl sites for hydroxylation is 1. The van der Waals surface area contributed by atoms with Gasteiger partial charge < -0.3 is 20.5 Å². The summed E-state index contributed by atoms with van der Waals surface area (Å²) in [6.45, 7) is 9.54. The number of carbonyl (C=O) groups excluding carboxylic acids is 2. The molecule has 0 bridgehead atoms. The Bertz CT molecular complexity index is 1220. The van der Waals surface area contributed by atoms with Gasteiger partial charge in [0, 0.05) is 19.8 Å². The van der Waals surface area contributed by atoms with E-state index in [2.05, 4.69) is 31.1 Å². The number of thiazole rings is 1. The second-order valence-corrected chi connectivity index (χ2v) is 10.2.